The van der Waals surface area contributed by atoms with Gasteiger partial charge in [0.2, 0.25) is 0 Å². The summed E-state index contributed by atoms with van der Waals surface area (Å²) in [6, 6.07) is 4.76. The minimum Gasteiger partial charge on any atom is -0.392 e. The maximum absolute atomic E-state index is 10.8. The number of anilines is 1. The first-order valence-electron chi connectivity index (χ1n) is 7.53. The number of benzene rings is 1. The average Bonchev–Trinajstić information content (AvgIpc) is 3.31. The summed E-state index contributed by atoms with van der Waals surface area (Å²) in [4.78, 5) is 15.1. The summed E-state index contributed by atoms with van der Waals surface area (Å²) in [5.41, 5.74) is 1.60. The second-order valence-electron chi connectivity index (χ2n) is 5.96. The molecule has 0 spiro atoms. The molecular formula is C15H21N3O3. The number of non-ortho nitro benzene ring substituents is 1. The van der Waals surface area contributed by atoms with Gasteiger partial charge in [-0.15, -0.1) is 0 Å². The largest absolute Gasteiger partial charge is 0.392 e. The van der Waals surface area contributed by atoms with Gasteiger partial charge >= 0.3 is 0 Å². The van der Waals surface area contributed by atoms with Crippen molar-refractivity contribution in [2.75, 3.05) is 37.6 Å². The van der Waals surface area contributed by atoms with Crippen molar-refractivity contribution in [3.63, 3.8) is 0 Å². The number of nitro groups is 1. The smallest absolute Gasteiger partial charge is 0.269 e. The lowest BCUT2D eigenvalue weighted by Crippen LogP contribution is -2.47. The molecule has 21 heavy (non-hydrogen) atoms. The molecule has 3 rings (SSSR count). The number of nitro benzene ring substituents is 1. The van der Waals surface area contributed by atoms with Gasteiger partial charge in [-0.05, 0) is 24.8 Å². The summed E-state index contributed by atoms with van der Waals surface area (Å²) in [7, 11) is 0. The van der Waals surface area contributed by atoms with Crippen LogP contribution in [-0.4, -0.2) is 47.7 Å². The van der Waals surface area contributed by atoms with E-state index in [1.54, 1.807) is 6.07 Å². The van der Waals surface area contributed by atoms with Gasteiger partial charge in [0.25, 0.3) is 5.69 Å². The highest BCUT2D eigenvalue weighted by atomic mass is 16.6. The van der Waals surface area contributed by atoms with Crippen LogP contribution >= 0.6 is 0 Å². The van der Waals surface area contributed by atoms with Crippen molar-refractivity contribution in [1.82, 2.24) is 4.90 Å². The monoisotopic (exact) mass is 291 g/mol. The van der Waals surface area contributed by atoms with E-state index in [9.17, 15) is 15.2 Å². The number of hydrogen-bond donors (Lipinski definition) is 1. The van der Waals surface area contributed by atoms with Gasteiger partial charge in [0.05, 0.1) is 11.5 Å². The van der Waals surface area contributed by atoms with E-state index >= 15 is 0 Å². The summed E-state index contributed by atoms with van der Waals surface area (Å²) >= 11 is 0. The van der Waals surface area contributed by atoms with Crippen molar-refractivity contribution in [2.24, 2.45) is 5.92 Å². The summed E-state index contributed by atoms with van der Waals surface area (Å²) < 4.78 is 0. The van der Waals surface area contributed by atoms with Crippen LogP contribution in [-0.2, 0) is 6.61 Å². The second-order valence-corrected chi connectivity index (χ2v) is 5.96. The van der Waals surface area contributed by atoms with Gasteiger partial charge in [-0.25, -0.2) is 0 Å². The minimum absolute atomic E-state index is 0.0372. The third kappa shape index (κ3) is 3.33. The van der Waals surface area contributed by atoms with Crippen molar-refractivity contribution in [3.8, 4) is 0 Å². The quantitative estimate of drug-likeness (QED) is 0.659. The summed E-state index contributed by atoms with van der Waals surface area (Å²) in [6.07, 6.45) is 2.74. The second kappa shape index (κ2) is 5.99. The molecule has 6 heteroatoms. The van der Waals surface area contributed by atoms with Gasteiger partial charge in [-0.2, -0.15) is 0 Å². The molecule has 114 valence electrons. The van der Waals surface area contributed by atoms with E-state index in [-0.39, 0.29) is 12.3 Å². The highest BCUT2D eigenvalue weighted by Crippen LogP contribution is 2.31. The predicted molar refractivity (Wildman–Crippen MR) is 80.4 cm³/mol. The van der Waals surface area contributed by atoms with Gasteiger partial charge in [0.15, 0.2) is 0 Å². The van der Waals surface area contributed by atoms with Crippen LogP contribution in [0.3, 0.4) is 0 Å². The Balaban J connectivity index is 1.67. The zero-order valence-electron chi connectivity index (χ0n) is 12.1. The van der Waals surface area contributed by atoms with Crippen LogP contribution < -0.4 is 4.90 Å². The van der Waals surface area contributed by atoms with Crippen LogP contribution in [0.15, 0.2) is 18.2 Å². The standard InChI is InChI=1S/C15H21N3O3/c19-11-13-9-14(18(20)21)3-4-15(13)17-7-5-16(6-8-17)10-12-1-2-12/h3-4,9,12,19H,1-2,5-8,10-11H2. The Bertz CT molecular complexity index is 523. The first-order chi connectivity index (χ1) is 10.2. The van der Waals surface area contributed by atoms with Crippen LogP contribution in [0.2, 0.25) is 0 Å². The van der Waals surface area contributed by atoms with Crippen molar-refractivity contribution in [3.05, 3.63) is 33.9 Å². The topological polar surface area (TPSA) is 69.9 Å². The lowest BCUT2D eigenvalue weighted by atomic mass is 10.1. The van der Waals surface area contributed by atoms with E-state index in [2.05, 4.69) is 9.80 Å². The number of piperazine rings is 1. The van der Waals surface area contributed by atoms with Crippen LogP contribution in [0.25, 0.3) is 0 Å². The molecule has 6 nitrogen and oxygen atoms in total. The Morgan fingerprint density at radius 2 is 1.95 bits per heavy atom. The molecule has 1 saturated carbocycles. The van der Waals surface area contributed by atoms with Gasteiger partial charge in [-0.3, -0.25) is 15.0 Å². The molecule has 0 unspecified atom stereocenters. The Kier molecular flexibility index (Phi) is 4.07. The molecule has 2 fully saturated rings. The highest BCUT2D eigenvalue weighted by molar-refractivity contribution is 5.58. The van der Waals surface area contributed by atoms with E-state index < -0.39 is 4.92 Å². The van der Waals surface area contributed by atoms with Crippen molar-refractivity contribution < 1.29 is 10.0 Å². The molecular weight excluding hydrogens is 270 g/mol. The Hall–Kier alpha value is -1.66. The van der Waals surface area contributed by atoms with E-state index in [1.807, 2.05) is 0 Å². The molecule has 1 saturated heterocycles. The van der Waals surface area contributed by atoms with Crippen LogP contribution in [0, 0.1) is 16.0 Å². The lowest BCUT2D eigenvalue weighted by Gasteiger charge is -2.37. The molecule has 0 radical (unpaired) electrons. The zero-order valence-corrected chi connectivity index (χ0v) is 12.1. The third-order valence-electron chi connectivity index (χ3n) is 4.37. The maximum atomic E-state index is 10.8. The minimum atomic E-state index is -0.420. The first kappa shape index (κ1) is 14.3. The first-order valence-corrected chi connectivity index (χ1v) is 7.53. The fourth-order valence-corrected chi connectivity index (χ4v) is 2.96. The number of nitrogens with zero attached hydrogens (tertiary/aromatic N) is 3. The van der Waals surface area contributed by atoms with Crippen LogP contribution in [0.1, 0.15) is 18.4 Å². The third-order valence-corrected chi connectivity index (χ3v) is 4.37. The van der Waals surface area contributed by atoms with Crippen molar-refractivity contribution in [1.29, 1.82) is 0 Å². The normalized spacial score (nSPS) is 19.8. The van der Waals surface area contributed by atoms with Gasteiger partial charge in [0, 0.05) is 56.1 Å². The Labute approximate surface area is 124 Å². The van der Waals surface area contributed by atoms with Gasteiger partial charge in [0.1, 0.15) is 0 Å². The summed E-state index contributed by atoms with van der Waals surface area (Å²) in [6.45, 7) is 4.92. The number of rotatable bonds is 5. The van der Waals surface area contributed by atoms with E-state index in [0.29, 0.717) is 5.56 Å². The van der Waals surface area contributed by atoms with Crippen LogP contribution in [0.4, 0.5) is 11.4 Å². The van der Waals surface area contributed by atoms with E-state index in [0.717, 1.165) is 37.8 Å². The molecule has 0 aromatic heterocycles. The zero-order chi connectivity index (χ0) is 14.8. The molecule has 0 amide bonds. The fraction of sp³-hybridized carbons (Fsp3) is 0.600. The molecule has 2 aliphatic rings. The highest BCUT2D eigenvalue weighted by Gasteiger charge is 2.27. The van der Waals surface area contributed by atoms with Gasteiger partial charge < -0.3 is 10.0 Å². The van der Waals surface area contributed by atoms with Crippen molar-refractivity contribution in [2.45, 2.75) is 19.4 Å². The van der Waals surface area contributed by atoms with Crippen molar-refractivity contribution >= 4 is 11.4 Å². The lowest BCUT2D eigenvalue weighted by molar-refractivity contribution is -0.384. The van der Waals surface area contributed by atoms with Crippen LogP contribution in [0.5, 0.6) is 0 Å². The SMILES string of the molecule is O=[N+]([O-])c1ccc(N2CCN(CC3CC3)CC2)c(CO)c1. The average molecular weight is 291 g/mol. The summed E-state index contributed by atoms with van der Waals surface area (Å²) in [5, 5.41) is 20.3. The Morgan fingerprint density at radius 1 is 1.24 bits per heavy atom. The van der Waals surface area contributed by atoms with E-state index in [1.165, 1.54) is 31.5 Å². The predicted octanol–water partition coefficient (Wildman–Crippen LogP) is 1.62. The number of aliphatic hydroxyl groups is 1. The number of hydrogen-bond acceptors (Lipinski definition) is 5. The van der Waals surface area contributed by atoms with Gasteiger partial charge in [-0.1, -0.05) is 0 Å². The molecule has 1 aromatic rings. The fourth-order valence-electron chi connectivity index (χ4n) is 2.96. The molecule has 1 N–H and O–H groups in total. The number of aliphatic hydroxyl groups excluding tert-OH is 1. The molecule has 1 aromatic carbocycles. The maximum Gasteiger partial charge on any atom is 0.269 e. The molecule has 1 heterocycles. The molecule has 0 bridgehead atoms. The molecule has 1 aliphatic carbocycles. The summed E-state index contributed by atoms with van der Waals surface area (Å²) in [5.74, 6) is 0.906. The molecule has 0 atom stereocenters. The Morgan fingerprint density at radius 3 is 2.52 bits per heavy atom. The van der Waals surface area contributed by atoms with E-state index in [4.69, 9.17) is 0 Å². The molecule has 1 aliphatic heterocycles.